The van der Waals surface area contributed by atoms with Gasteiger partial charge in [-0.1, -0.05) is 42.6 Å². The summed E-state index contributed by atoms with van der Waals surface area (Å²) in [5.41, 5.74) is 1.22. The molecule has 1 saturated heterocycles. The normalized spacial score (nSPS) is 24.6. The van der Waals surface area contributed by atoms with E-state index in [4.69, 9.17) is 23.2 Å². The Balaban J connectivity index is 2.37. The number of nitrogens with zero attached hydrogens (tertiary/aromatic N) is 1. The lowest BCUT2D eigenvalue weighted by Gasteiger charge is -2.35. The first-order valence-electron chi connectivity index (χ1n) is 7.51. The van der Waals surface area contributed by atoms with Crippen LogP contribution in [0.1, 0.15) is 37.8 Å². The van der Waals surface area contributed by atoms with Crippen LogP contribution in [0.25, 0.3) is 0 Å². The van der Waals surface area contributed by atoms with Crippen molar-refractivity contribution in [2.24, 2.45) is 5.92 Å². The highest BCUT2D eigenvalue weighted by Gasteiger charge is 2.31. The lowest BCUT2D eigenvalue weighted by atomic mass is 9.89. The Labute approximate surface area is 132 Å². The molecule has 0 bridgehead atoms. The van der Waals surface area contributed by atoms with E-state index in [1.807, 2.05) is 19.2 Å². The van der Waals surface area contributed by atoms with Crippen molar-refractivity contribution in [3.05, 3.63) is 33.8 Å². The molecule has 0 spiro atoms. The molecule has 0 amide bonds. The maximum atomic E-state index is 6.47. The number of hydrogen-bond donors (Lipinski definition) is 1. The lowest BCUT2D eigenvalue weighted by molar-refractivity contribution is 0.162. The summed E-state index contributed by atoms with van der Waals surface area (Å²) in [5, 5.41) is 4.85. The van der Waals surface area contributed by atoms with Gasteiger partial charge in [0.15, 0.2) is 0 Å². The van der Waals surface area contributed by atoms with Crippen molar-refractivity contribution in [2.75, 3.05) is 26.7 Å². The Kier molecular flexibility index (Phi) is 6.16. The van der Waals surface area contributed by atoms with Crippen LogP contribution in [-0.4, -0.2) is 31.6 Å². The van der Waals surface area contributed by atoms with E-state index in [0.29, 0.717) is 17.0 Å². The fraction of sp³-hybridized carbons (Fsp3) is 0.625. The maximum absolute atomic E-state index is 6.47. The van der Waals surface area contributed by atoms with Crippen LogP contribution in [0.2, 0.25) is 10.0 Å². The number of halogens is 2. The second-order valence-corrected chi connectivity index (χ2v) is 6.40. The minimum Gasteiger partial charge on any atom is -0.319 e. The molecule has 20 heavy (non-hydrogen) atoms. The minimum atomic E-state index is 0.389. The predicted octanol–water partition coefficient (Wildman–Crippen LogP) is 4.38. The third-order valence-electron chi connectivity index (χ3n) is 4.26. The van der Waals surface area contributed by atoms with Crippen molar-refractivity contribution < 1.29 is 0 Å². The number of rotatable bonds is 4. The highest BCUT2D eigenvalue weighted by atomic mass is 35.5. The smallest absolute Gasteiger partial charge is 0.0468 e. The molecule has 112 valence electrons. The average Bonchev–Trinajstić information content (AvgIpc) is 2.62. The van der Waals surface area contributed by atoms with Crippen LogP contribution in [-0.2, 0) is 0 Å². The molecule has 0 saturated carbocycles. The van der Waals surface area contributed by atoms with Gasteiger partial charge in [-0.25, -0.2) is 0 Å². The van der Waals surface area contributed by atoms with E-state index in [-0.39, 0.29) is 0 Å². The molecule has 1 fully saturated rings. The van der Waals surface area contributed by atoms with Gasteiger partial charge < -0.3 is 5.32 Å². The van der Waals surface area contributed by atoms with Gasteiger partial charge in [0, 0.05) is 16.1 Å². The Hall–Kier alpha value is -0.280. The molecule has 2 unspecified atom stereocenters. The average molecular weight is 315 g/mol. The molecule has 0 aromatic heterocycles. The zero-order valence-electron chi connectivity index (χ0n) is 12.3. The summed E-state index contributed by atoms with van der Waals surface area (Å²) in [5.74, 6) is 0.598. The highest BCUT2D eigenvalue weighted by molar-refractivity contribution is 6.35. The molecule has 1 aromatic carbocycles. The van der Waals surface area contributed by atoms with Crippen molar-refractivity contribution in [1.29, 1.82) is 0 Å². The number of likely N-dealkylation sites (tertiary alicyclic amines) is 1. The van der Waals surface area contributed by atoms with E-state index in [2.05, 4.69) is 23.2 Å². The van der Waals surface area contributed by atoms with Crippen molar-refractivity contribution in [3.63, 3.8) is 0 Å². The van der Waals surface area contributed by atoms with Crippen molar-refractivity contribution >= 4 is 23.2 Å². The molecule has 1 N–H and O–H groups in total. The van der Waals surface area contributed by atoms with Gasteiger partial charge in [-0.3, -0.25) is 4.90 Å². The summed E-state index contributed by atoms with van der Waals surface area (Å²) in [6, 6.07) is 6.32. The van der Waals surface area contributed by atoms with Crippen LogP contribution in [0.5, 0.6) is 0 Å². The first-order valence-corrected chi connectivity index (χ1v) is 8.26. The van der Waals surface area contributed by atoms with Crippen molar-refractivity contribution in [3.8, 4) is 0 Å². The quantitative estimate of drug-likeness (QED) is 0.887. The molecule has 2 atom stereocenters. The van der Waals surface area contributed by atoms with Gasteiger partial charge in [0.05, 0.1) is 0 Å². The van der Waals surface area contributed by atoms with Crippen LogP contribution >= 0.6 is 23.2 Å². The molecule has 0 aliphatic carbocycles. The topological polar surface area (TPSA) is 15.3 Å². The minimum absolute atomic E-state index is 0.389. The second-order valence-electron chi connectivity index (χ2n) is 5.55. The second kappa shape index (κ2) is 7.65. The van der Waals surface area contributed by atoms with Crippen LogP contribution < -0.4 is 5.32 Å². The first-order chi connectivity index (χ1) is 9.67. The van der Waals surface area contributed by atoms with Crippen LogP contribution in [0.4, 0.5) is 0 Å². The molecule has 0 radical (unpaired) electrons. The summed E-state index contributed by atoms with van der Waals surface area (Å²) in [4.78, 5) is 2.56. The van der Waals surface area contributed by atoms with Gasteiger partial charge in [-0.2, -0.15) is 0 Å². The maximum Gasteiger partial charge on any atom is 0.0468 e. The standard InChI is InChI=1S/C16H24Cl2N2/c1-3-20-9-5-4-6-12(11-19-2)16(20)14-8-7-13(17)10-15(14)18/h7-8,10,12,16,19H,3-6,9,11H2,1-2H3. The van der Waals surface area contributed by atoms with Crippen molar-refractivity contribution in [2.45, 2.75) is 32.2 Å². The molecule has 1 aliphatic heterocycles. The molecule has 2 rings (SSSR count). The van der Waals surface area contributed by atoms with Gasteiger partial charge in [0.2, 0.25) is 0 Å². The molecular formula is C16H24Cl2N2. The summed E-state index contributed by atoms with van der Waals surface area (Å²) < 4.78 is 0. The van der Waals surface area contributed by atoms with Gasteiger partial charge in [0.25, 0.3) is 0 Å². The fourth-order valence-corrected chi connectivity index (χ4v) is 3.86. The number of nitrogens with one attached hydrogen (secondary N) is 1. The highest BCUT2D eigenvalue weighted by Crippen LogP contribution is 2.38. The Morgan fingerprint density at radius 1 is 1.30 bits per heavy atom. The van der Waals surface area contributed by atoms with E-state index in [1.165, 1.54) is 24.8 Å². The van der Waals surface area contributed by atoms with Crippen LogP contribution in [0, 0.1) is 5.92 Å². The van der Waals surface area contributed by atoms with E-state index in [1.54, 1.807) is 0 Å². The molecule has 1 aromatic rings. The van der Waals surface area contributed by atoms with E-state index in [9.17, 15) is 0 Å². The summed E-state index contributed by atoms with van der Waals surface area (Å²) in [6.45, 7) is 5.48. The van der Waals surface area contributed by atoms with Gasteiger partial charge in [-0.15, -0.1) is 0 Å². The zero-order chi connectivity index (χ0) is 14.5. The van der Waals surface area contributed by atoms with Crippen LogP contribution in [0.15, 0.2) is 18.2 Å². The molecule has 1 aliphatic rings. The Bertz CT molecular complexity index is 436. The molecule has 2 nitrogen and oxygen atoms in total. The number of benzene rings is 1. The van der Waals surface area contributed by atoms with Gasteiger partial charge in [-0.05, 0) is 63.1 Å². The third-order valence-corrected chi connectivity index (χ3v) is 4.83. The summed E-state index contributed by atoms with van der Waals surface area (Å²) in [6.07, 6.45) is 3.82. The Morgan fingerprint density at radius 2 is 2.10 bits per heavy atom. The largest absolute Gasteiger partial charge is 0.319 e. The molecule has 1 heterocycles. The zero-order valence-corrected chi connectivity index (χ0v) is 13.8. The van der Waals surface area contributed by atoms with E-state index >= 15 is 0 Å². The molecular weight excluding hydrogens is 291 g/mol. The number of hydrogen-bond acceptors (Lipinski definition) is 2. The van der Waals surface area contributed by atoms with Gasteiger partial charge in [0.1, 0.15) is 0 Å². The Morgan fingerprint density at radius 3 is 2.75 bits per heavy atom. The molecule has 4 heteroatoms. The van der Waals surface area contributed by atoms with E-state index in [0.717, 1.165) is 24.7 Å². The first kappa shape index (κ1) is 16.1. The SMILES string of the molecule is CCN1CCCCC(CNC)C1c1ccc(Cl)cc1Cl. The monoisotopic (exact) mass is 314 g/mol. The third kappa shape index (κ3) is 3.67. The van der Waals surface area contributed by atoms with Crippen LogP contribution in [0.3, 0.4) is 0 Å². The summed E-state index contributed by atoms with van der Waals surface area (Å²) >= 11 is 12.5. The fourth-order valence-electron chi connectivity index (χ4n) is 3.34. The lowest BCUT2D eigenvalue weighted by Crippen LogP contribution is -2.36. The van der Waals surface area contributed by atoms with Gasteiger partial charge >= 0.3 is 0 Å². The van der Waals surface area contributed by atoms with Crippen molar-refractivity contribution in [1.82, 2.24) is 10.2 Å². The summed E-state index contributed by atoms with van der Waals surface area (Å²) in [7, 11) is 2.03. The predicted molar refractivity (Wildman–Crippen MR) is 87.7 cm³/mol. The van der Waals surface area contributed by atoms with E-state index < -0.39 is 0 Å².